The van der Waals surface area contributed by atoms with Crippen molar-refractivity contribution >= 4 is 27.2 Å². The third-order valence-electron chi connectivity index (χ3n) is 1.95. The second-order valence-corrected chi connectivity index (χ2v) is 6.92. The highest BCUT2D eigenvalue weighted by Crippen LogP contribution is 2.20. The number of rotatable bonds is 3. The Morgan fingerprint density at radius 1 is 1.39 bits per heavy atom. The van der Waals surface area contributed by atoms with Crippen molar-refractivity contribution < 1.29 is 12.8 Å². The molecule has 0 aliphatic carbocycles. The van der Waals surface area contributed by atoms with Crippen LogP contribution in [-0.4, -0.2) is 18.9 Å². The Morgan fingerprint density at radius 2 is 1.94 bits per heavy atom. The minimum atomic E-state index is -3.87. The van der Waals surface area contributed by atoms with Gasteiger partial charge in [-0.25, -0.2) is 17.5 Å². The molecule has 4 nitrogen and oxygen atoms in total. The number of hydrogen-bond donors (Lipinski definition) is 2. The van der Waals surface area contributed by atoms with Gasteiger partial charge in [0.25, 0.3) is 0 Å². The van der Waals surface area contributed by atoms with E-state index in [1.807, 2.05) is 0 Å². The molecule has 1 rings (SSSR count). The molecule has 0 atom stereocenters. The van der Waals surface area contributed by atoms with Crippen LogP contribution >= 0.6 is 12.2 Å². The van der Waals surface area contributed by atoms with E-state index in [4.69, 9.17) is 18.0 Å². The molecule has 1 aromatic carbocycles. The molecule has 18 heavy (non-hydrogen) atoms. The molecule has 0 bridgehead atoms. The molecule has 3 N–H and O–H groups in total. The summed E-state index contributed by atoms with van der Waals surface area (Å²) in [6, 6.07) is 3.69. The molecule has 1 aromatic rings. The van der Waals surface area contributed by atoms with Gasteiger partial charge >= 0.3 is 0 Å². The molecular weight excluding hydrogens is 275 g/mol. The first-order valence-electron chi connectivity index (χ1n) is 5.17. The summed E-state index contributed by atoms with van der Waals surface area (Å²) >= 11 is 4.69. The van der Waals surface area contributed by atoms with Gasteiger partial charge in [0.2, 0.25) is 10.0 Å². The molecule has 0 saturated carbocycles. The maximum Gasteiger partial charge on any atom is 0.241 e. The average molecular weight is 290 g/mol. The largest absolute Gasteiger partial charge is 0.389 e. The normalized spacial score (nSPS) is 12.4. The molecular formula is C11H15FN2O2S2. The van der Waals surface area contributed by atoms with E-state index in [1.165, 1.54) is 12.1 Å². The molecule has 0 amide bonds. The summed E-state index contributed by atoms with van der Waals surface area (Å²) in [5, 5.41) is 0. The van der Waals surface area contributed by atoms with Crippen molar-refractivity contribution in [3.8, 4) is 0 Å². The van der Waals surface area contributed by atoms with Gasteiger partial charge in [0, 0.05) is 5.54 Å². The van der Waals surface area contributed by atoms with Crippen LogP contribution in [0.2, 0.25) is 0 Å². The third kappa shape index (κ3) is 3.47. The van der Waals surface area contributed by atoms with E-state index in [2.05, 4.69) is 4.72 Å². The maximum absolute atomic E-state index is 13.6. The van der Waals surface area contributed by atoms with Gasteiger partial charge in [-0.15, -0.1) is 0 Å². The van der Waals surface area contributed by atoms with Crippen molar-refractivity contribution in [2.75, 3.05) is 0 Å². The third-order valence-corrected chi connectivity index (χ3v) is 3.96. The van der Waals surface area contributed by atoms with Crippen molar-refractivity contribution in [1.29, 1.82) is 0 Å². The smallest absolute Gasteiger partial charge is 0.241 e. The minimum Gasteiger partial charge on any atom is -0.389 e. The van der Waals surface area contributed by atoms with E-state index >= 15 is 0 Å². The van der Waals surface area contributed by atoms with Crippen molar-refractivity contribution in [3.63, 3.8) is 0 Å². The molecule has 0 aliphatic heterocycles. The fraction of sp³-hybridized carbons (Fsp3) is 0.364. The van der Waals surface area contributed by atoms with Gasteiger partial charge in [-0.2, -0.15) is 0 Å². The number of thiocarbonyl (C=S) groups is 1. The highest BCUT2D eigenvalue weighted by Gasteiger charge is 2.26. The van der Waals surface area contributed by atoms with Crippen LogP contribution in [0, 0.1) is 5.82 Å². The maximum atomic E-state index is 13.6. The highest BCUT2D eigenvalue weighted by atomic mass is 32.2. The van der Waals surface area contributed by atoms with Crippen molar-refractivity contribution in [2.45, 2.75) is 31.2 Å². The molecule has 0 fully saturated rings. The van der Waals surface area contributed by atoms with Crippen molar-refractivity contribution in [2.24, 2.45) is 5.73 Å². The van der Waals surface area contributed by atoms with Crippen LogP contribution in [0.4, 0.5) is 4.39 Å². The molecule has 7 heteroatoms. The summed E-state index contributed by atoms with van der Waals surface area (Å²) in [6.07, 6.45) is 0. The second kappa shape index (κ2) is 4.91. The topological polar surface area (TPSA) is 72.2 Å². The van der Waals surface area contributed by atoms with Gasteiger partial charge in [0.1, 0.15) is 10.8 Å². The zero-order valence-electron chi connectivity index (χ0n) is 10.3. The molecule has 0 radical (unpaired) electrons. The summed E-state index contributed by atoms with van der Waals surface area (Å²) in [5.41, 5.74) is 4.43. The fourth-order valence-corrected chi connectivity index (χ4v) is 3.35. The minimum absolute atomic E-state index is 0.245. The Hall–Kier alpha value is -1.05. The first-order valence-corrected chi connectivity index (χ1v) is 7.06. The van der Waals surface area contributed by atoms with E-state index < -0.39 is 21.4 Å². The number of hydrogen-bond acceptors (Lipinski definition) is 3. The Labute approximate surface area is 111 Å². The summed E-state index contributed by atoms with van der Waals surface area (Å²) in [4.78, 5) is -0.535. The Morgan fingerprint density at radius 3 is 2.39 bits per heavy atom. The van der Waals surface area contributed by atoms with Crippen LogP contribution in [0.25, 0.3) is 0 Å². The molecule has 0 heterocycles. The van der Waals surface area contributed by atoms with Crippen LogP contribution in [0.5, 0.6) is 0 Å². The van der Waals surface area contributed by atoms with Gasteiger partial charge in [-0.3, -0.25) is 0 Å². The highest BCUT2D eigenvalue weighted by molar-refractivity contribution is 7.89. The predicted octanol–water partition coefficient (Wildman–Crippen LogP) is 1.54. The number of benzene rings is 1. The lowest BCUT2D eigenvalue weighted by molar-refractivity contribution is 0.490. The summed E-state index contributed by atoms with van der Waals surface area (Å²) in [7, 11) is -3.87. The monoisotopic (exact) mass is 290 g/mol. The van der Waals surface area contributed by atoms with Crippen LogP contribution in [0.1, 0.15) is 26.3 Å². The van der Waals surface area contributed by atoms with E-state index in [-0.39, 0.29) is 15.4 Å². The van der Waals surface area contributed by atoms with Gasteiger partial charge in [-0.05, 0) is 32.9 Å². The van der Waals surface area contributed by atoms with Crippen molar-refractivity contribution in [1.82, 2.24) is 4.72 Å². The number of nitrogens with two attached hydrogens (primary N) is 1. The van der Waals surface area contributed by atoms with Crippen LogP contribution in [0.15, 0.2) is 23.1 Å². The molecule has 0 aromatic heterocycles. The molecule has 0 spiro atoms. The number of nitrogens with one attached hydrogen (secondary N) is 1. The zero-order chi connectivity index (χ0) is 14.1. The van der Waals surface area contributed by atoms with Gasteiger partial charge in [0.15, 0.2) is 0 Å². The lowest BCUT2D eigenvalue weighted by Crippen LogP contribution is -2.41. The van der Waals surface area contributed by atoms with Crippen LogP contribution < -0.4 is 10.5 Å². The first kappa shape index (κ1) is 15.0. The molecule has 0 aliphatic rings. The standard InChI is InChI=1S/C11H15FN2O2S2/c1-11(2,3)14-18(15,16)8-6-4-5-7(12)9(8)10(13)17/h4-6,14H,1-3H3,(H2,13,17). The lowest BCUT2D eigenvalue weighted by Gasteiger charge is -2.21. The summed E-state index contributed by atoms with van der Waals surface area (Å²) in [5.74, 6) is -0.751. The van der Waals surface area contributed by atoms with Gasteiger partial charge < -0.3 is 5.73 Å². The van der Waals surface area contributed by atoms with E-state index in [0.717, 1.165) is 6.07 Å². The van der Waals surface area contributed by atoms with Gasteiger partial charge in [-0.1, -0.05) is 18.3 Å². The van der Waals surface area contributed by atoms with E-state index in [9.17, 15) is 12.8 Å². The lowest BCUT2D eigenvalue weighted by atomic mass is 10.1. The molecule has 0 saturated heterocycles. The fourth-order valence-electron chi connectivity index (χ4n) is 1.43. The SMILES string of the molecule is CC(C)(C)NS(=O)(=O)c1cccc(F)c1C(N)=S. The van der Waals surface area contributed by atoms with Crippen LogP contribution in [-0.2, 0) is 10.0 Å². The zero-order valence-corrected chi connectivity index (χ0v) is 12.0. The molecule has 0 unspecified atom stereocenters. The number of sulfonamides is 1. The molecule has 100 valence electrons. The van der Waals surface area contributed by atoms with Crippen LogP contribution in [0.3, 0.4) is 0 Å². The summed E-state index contributed by atoms with van der Waals surface area (Å²) < 4.78 is 40.3. The van der Waals surface area contributed by atoms with E-state index in [1.54, 1.807) is 20.8 Å². The average Bonchev–Trinajstić information content (AvgIpc) is 2.12. The predicted molar refractivity (Wildman–Crippen MR) is 72.4 cm³/mol. The van der Waals surface area contributed by atoms with Crippen molar-refractivity contribution in [3.05, 3.63) is 29.6 Å². The second-order valence-electron chi connectivity index (χ2n) is 4.83. The first-order chi connectivity index (χ1) is 8.04. The quantitative estimate of drug-likeness (QED) is 0.828. The van der Waals surface area contributed by atoms with E-state index in [0.29, 0.717) is 0 Å². The van der Waals surface area contributed by atoms with Gasteiger partial charge in [0.05, 0.1) is 10.5 Å². The summed E-state index contributed by atoms with van der Waals surface area (Å²) in [6.45, 7) is 5.05. The Bertz CT molecular complexity index is 577. The number of halogens is 1. The Kier molecular flexibility index (Phi) is 4.09. The Balaban J connectivity index is 3.43.